The van der Waals surface area contributed by atoms with Crippen molar-refractivity contribution in [3.63, 3.8) is 0 Å². The predicted molar refractivity (Wildman–Crippen MR) is 110 cm³/mol. The summed E-state index contributed by atoms with van der Waals surface area (Å²) in [6, 6.07) is 9.76. The van der Waals surface area contributed by atoms with Gasteiger partial charge in [-0.3, -0.25) is 0 Å². The number of ether oxygens (including phenoxy) is 3. The van der Waals surface area contributed by atoms with Crippen LogP contribution < -0.4 is 0 Å². The minimum Gasteiger partial charge on any atom is -0.390 e. The molecule has 0 bridgehead atoms. The first-order valence-corrected chi connectivity index (χ1v) is 10.9. The third-order valence-electron chi connectivity index (χ3n) is 5.46. The van der Waals surface area contributed by atoms with Crippen molar-refractivity contribution in [1.82, 2.24) is 19.7 Å². The molecule has 2 saturated heterocycles. The van der Waals surface area contributed by atoms with E-state index in [9.17, 15) is 5.11 Å². The summed E-state index contributed by atoms with van der Waals surface area (Å²) in [5.74, 6) is 0.845. The van der Waals surface area contributed by atoms with Crippen molar-refractivity contribution in [2.45, 2.75) is 44.6 Å². The Morgan fingerprint density at radius 1 is 1.23 bits per heavy atom. The largest absolute Gasteiger partial charge is 0.390 e. The van der Waals surface area contributed by atoms with Crippen molar-refractivity contribution in [3.8, 4) is 5.13 Å². The Labute approximate surface area is 182 Å². The molecule has 10 heteroatoms. The number of fused-ring (bicyclic) bond motifs is 1. The lowest BCUT2D eigenvalue weighted by Crippen LogP contribution is -2.55. The normalized spacial score (nSPS) is 31.5. The Balaban J connectivity index is 1.41. The molecule has 1 aromatic carbocycles. The highest BCUT2D eigenvalue weighted by Crippen LogP contribution is 2.41. The summed E-state index contributed by atoms with van der Waals surface area (Å²) in [7, 11) is 0. The minimum atomic E-state index is -0.835. The third kappa shape index (κ3) is 3.55. The summed E-state index contributed by atoms with van der Waals surface area (Å²) in [6.07, 6.45) is -1.08. The van der Waals surface area contributed by atoms with Gasteiger partial charge in [-0.1, -0.05) is 60.2 Å². The van der Waals surface area contributed by atoms with Gasteiger partial charge >= 0.3 is 0 Å². The van der Waals surface area contributed by atoms with Crippen molar-refractivity contribution in [1.29, 1.82) is 0 Å². The smallest absolute Gasteiger partial charge is 0.213 e. The highest BCUT2D eigenvalue weighted by Gasteiger charge is 2.49. The number of hydrogen-bond donors (Lipinski definition) is 1. The highest BCUT2D eigenvalue weighted by molar-refractivity contribution is 7.18. The fourth-order valence-corrected chi connectivity index (χ4v) is 4.83. The van der Waals surface area contributed by atoms with Crippen LogP contribution in [0.4, 0.5) is 0 Å². The van der Waals surface area contributed by atoms with Gasteiger partial charge in [-0.05, 0) is 6.92 Å². The molecule has 30 heavy (non-hydrogen) atoms. The van der Waals surface area contributed by atoms with Crippen LogP contribution in [0.5, 0.6) is 0 Å². The summed E-state index contributed by atoms with van der Waals surface area (Å²) in [5.41, 5.74) is 0.941. The molecule has 0 aliphatic carbocycles. The fraction of sp³-hybridized carbons (Fsp3) is 0.450. The van der Waals surface area contributed by atoms with E-state index in [1.807, 2.05) is 37.3 Å². The molecule has 4 unspecified atom stereocenters. The number of aliphatic hydroxyl groups is 1. The molecule has 158 valence electrons. The van der Waals surface area contributed by atoms with Crippen LogP contribution in [0.2, 0.25) is 4.34 Å². The van der Waals surface area contributed by atoms with Crippen LogP contribution in [0.25, 0.3) is 5.13 Å². The van der Waals surface area contributed by atoms with Crippen molar-refractivity contribution >= 4 is 22.9 Å². The SMILES string of the molecule is Cc1nc([C@@H]2OC3COC(c4ccccc4)O[C@@H]3C(C)C2O)n(-c2ncc(Cl)s2)n1. The number of nitrogens with zero attached hydrogens (tertiary/aromatic N) is 4. The molecule has 1 N–H and O–H groups in total. The molecule has 0 spiro atoms. The third-order valence-corrected chi connectivity index (χ3v) is 6.55. The molecule has 2 fully saturated rings. The van der Waals surface area contributed by atoms with Gasteiger partial charge in [-0.2, -0.15) is 4.68 Å². The van der Waals surface area contributed by atoms with Gasteiger partial charge in [-0.25, -0.2) is 9.97 Å². The molecule has 0 saturated carbocycles. The summed E-state index contributed by atoms with van der Waals surface area (Å²) < 4.78 is 20.5. The van der Waals surface area contributed by atoms with Gasteiger partial charge in [0.05, 0.1) is 25.0 Å². The Morgan fingerprint density at radius 2 is 2.03 bits per heavy atom. The maximum absolute atomic E-state index is 11.1. The van der Waals surface area contributed by atoms with Crippen molar-refractivity contribution in [2.24, 2.45) is 5.92 Å². The molecular weight excluding hydrogens is 428 g/mol. The zero-order valence-electron chi connectivity index (χ0n) is 16.4. The van der Waals surface area contributed by atoms with Crippen molar-refractivity contribution in [2.75, 3.05) is 6.61 Å². The maximum atomic E-state index is 11.1. The van der Waals surface area contributed by atoms with Gasteiger partial charge in [0, 0.05) is 11.5 Å². The van der Waals surface area contributed by atoms with Gasteiger partial charge in [0.15, 0.2) is 12.1 Å². The van der Waals surface area contributed by atoms with Gasteiger partial charge in [0.1, 0.15) is 22.4 Å². The fourth-order valence-electron chi connectivity index (χ4n) is 3.96. The van der Waals surface area contributed by atoms with Crippen LogP contribution in [-0.2, 0) is 14.2 Å². The molecule has 2 aromatic heterocycles. The number of halogens is 1. The van der Waals surface area contributed by atoms with E-state index in [-0.39, 0.29) is 18.1 Å². The molecule has 2 aliphatic rings. The molecule has 4 heterocycles. The van der Waals surface area contributed by atoms with E-state index in [0.717, 1.165) is 5.56 Å². The molecular formula is C20H21ClN4O4S. The van der Waals surface area contributed by atoms with Crippen LogP contribution in [0, 0.1) is 12.8 Å². The summed E-state index contributed by atoms with van der Waals surface area (Å²) in [6.45, 7) is 4.10. The first kappa shape index (κ1) is 20.0. The average Bonchev–Trinajstić information content (AvgIpc) is 3.36. The van der Waals surface area contributed by atoms with Crippen LogP contribution in [0.3, 0.4) is 0 Å². The lowest BCUT2D eigenvalue weighted by Gasteiger charge is -2.47. The second kappa shape index (κ2) is 7.99. The number of aromatic nitrogens is 4. The first-order valence-electron chi connectivity index (χ1n) is 9.72. The Kier molecular flexibility index (Phi) is 5.34. The van der Waals surface area contributed by atoms with E-state index in [4.69, 9.17) is 25.8 Å². The van der Waals surface area contributed by atoms with Gasteiger partial charge < -0.3 is 19.3 Å². The van der Waals surface area contributed by atoms with Crippen LogP contribution in [0.1, 0.15) is 36.5 Å². The minimum absolute atomic E-state index is 0.200. The molecule has 5 rings (SSSR count). The summed E-state index contributed by atoms with van der Waals surface area (Å²) in [5, 5.41) is 16.1. The Morgan fingerprint density at radius 3 is 2.77 bits per heavy atom. The molecule has 0 radical (unpaired) electrons. The quantitative estimate of drug-likeness (QED) is 0.657. The predicted octanol–water partition coefficient (Wildman–Crippen LogP) is 3.24. The summed E-state index contributed by atoms with van der Waals surface area (Å²) >= 11 is 7.33. The van der Waals surface area contributed by atoms with Crippen molar-refractivity contribution < 1.29 is 19.3 Å². The second-order valence-corrected chi connectivity index (χ2v) is 9.14. The maximum Gasteiger partial charge on any atom is 0.213 e. The Bertz CT molecular complexity index is 1030. The van der Waals surface area contributed by atoms with E-state index in [0.29, 0.717) is 27.7 Å². The molecule has 6 atom stereocenters. The highest BCUT2D eigenvalue weighted by atomic mass is 35.5. The van der Waals surface area contributed by atoms with E-state index in [1.165, 1.54) is 11.3 Å². The Hall–Kier alpha value is -1.88. The summed E-state index contributed by atoms with van der Waals surface area (Å²) in [4.78, 5) is 8.80. The van der Waals surface area contributed by atoms with Crippen molar-refractivity contribution in [3.05, 3.63) is 58.1 Å². The van der Waals surface area contributed by atoms with Crippen LogP contribution in [0.15, 0.2) is 36.5 Å². The zero-order chi connectivity index (χ0) is 20.8. The number of hydrogen-bond acceptors (Lipinski definition) is 8. The topological polar surface area (TPSA) is 91.5 Å². The molecule has 3 aromatic rings. The number of benzene rings is 1. The molecule has 0 amide bonds. The first-order chi connectivity index (χ1) is 14.5. The molecule has 2 aliphatic heterocycles. The lowest BCUT2D eigenvalue weighted by molar-refractivity contribution is -0.319. The lowest BCUT2D eigenvalue weighted by atomic mass is 9.86. The number of aryl methyl sites for hydroxylation is 1. The van der Waals surface area contributed by atoms with E-state index in [2.05, 4.69) is 15.1 Å². The van der Waals surface area contributed by atoms with Crippen LogP contribution in [-0.4, -0.2) is 49.8 Å². The number of thiazole rings is 1. The number of aliphatic hydroxyl groups excluding tert-OH is 1. The zero-order valence-corrected chi connectivity index (χ0v) is 18.0. The van der Waals surface area contributed by atoms with Crippen LogP contribution >= 0.6 is 22.9 Å². The van der Waals surface area contributed by atoms with E-state index < -0.39 is 18.5 Å². The monoisotopic (exact) mass is 448 g/mol. The van der Waals surface area contributed by atoms with Gasteiger partial charge in [0.2, 0.25) is 5.13 Å². The standard InChI is InChI=1S/C20H21ClN4O4S/c1-10-15(26)17(18-23-11(2)24-25(18)20-22-8-14(21)30-20)28-13-9-27-19(29-16(10)13)12-6-4-3-5-7-12/h3-8,10,13,15-17,19,26H,9H2,1-2H3/t10?,13?,15?,16-,17-,19?/m1/s1. The van der Waals surface area contributed by atoms with E-state index >= 15 is 0 Å². The van der Waals surface area contributed by atoms with Gasteiger partial charge in [0.25, 0.3) is 0 Å². The second-order valence-electron chi connectivity index (χ2n) is 7.50. The van der Waals surface area contributed by atoms with Gasteiger partial charge in [-0.15, -0.1) is 5.10 Å². The number of rotatable bonds is 3. The molecule has 8 nitrogen and oxygen atoms in total. The average molecular weight is 449 g/mol. The van der Waals surface area contributed by atoms with E-state index in [1.54, 1.807) is 17.8 Å².